The summed E-state index contributed by atoms with van der Waals surface area (Å²) < 4.78 is 0. The van der Waals surface area contributed by atoms with Gasteiger partial charge in [0, 0.05) is 71.0 Å². The van der Waals surface area contributed by atoms with Gasteiger partial charge < -0.3 is 25.8 Å². The van der Waals surface area contributed by atoms with Crippen molar-refractivity contribution in [2.45, 2.75) is 69.7 Å². The first-order valence-corrected chi connectivity index (χ1v) is 18.4. The number of nitrogens with zero attached hydrogens (tertiary/aromatic N) is 4. The van der Waals surface area contributed by atoms with E-state index in [1.165, 1.54) is 12.0 Å². The Kier molecular flexibility index (Phi) is 12.0. The number of carbonyl (C=O) groups excluding carboxylic acids is 3. The first-order chi connectivity index (χ1) is 22.5. The third kappa shape index (κ3) is 8.88. The van der Waals surface area contributed by atoms with Gasteiger partial charge in [0.25, 0.3) is 5.91 Å². The molecule has 0 radical (unpaired) electrons. The number of benzene rings is 1. The zero-order valence-electron chi connectivity index (χ0n) is 27.9. The number of hydrogen-bond acceptors (Lipinski definition) is 7. The van der Waals surface area contributed by atoms with Crippen LogP contribution < -0.4 is 16.0 Å². The summed E-state index contributed by atoms with van der Waals surface area (Å²) in [5, 5.41) is 10.1. The monoisotopic (exact) mass is 635 g/mol. The van der Waals surface area contributed by atoms with E-state index in [0.29, 0.717) is 23.9 Å². The van der Waals surface area contributed by atoms with Gasteiger partial charge in [0.2, 0.25) is 11.8 Å². The number of carbonyl (C=O) groups is 3. The molecule has 46 heavy (non-hydrogen) atoms. The summed E-state index contributed by atoms with van der Waals surface area (Å²) in [5.74, 6) is 1.55. The first kappa shape index (κ1) is 33.4. The van der Waals surface area contributed by atoms with Crippen LogP contribution in [0.1, 0.15) is 79.6 Å². The molecule has 1 unspecified atom stereocenters. The van der Waals surface area contributed by atoms with Gasteiger partial charge in [0.15, 0.2) is 0 Å². The Balaban J connectivity index is 0.982. The highest BCUT2D eigenvalue weighted by molar-refractivity contribution is 5.97. The van der Waals surface area contributed by atoms with Crippen LogP contribution in [0.25, 0.3) is 0 Å². The van der Waals surface area contributed by atoms with Gasteiger partial charge >= 0.3 is 0 Å². The molecule has 0 aromatic heterocycles. The lowest BCUT2D eigenvalue weighted by Gasteiger charge is -2.41. The summed E-state index contributed by atoms with van der Waals surface area (Å²) in [5.41, 5.74) is 1.88. The average molecular weight is 636 g/mol. The fraction of sp³-hybridized carbons (Fsp3) is 0.750. The number of rotatable bonds is 9. The van der Waals surface area contributed by atoms with E-state index in [-0.39, 0.29) is 23.6 Å². The van der Waals surface area contributed by atoms with Crippen molar-refractivity contribution in [1.82, 2.24) is 35.6 Å². The highest BCUT2D eigenvalue weighted by Crippen LogP contribution is 2.29. The van der Waals surface area contributed by atoms with Crippen molar-refractivity contribution in [1.29, 1.82) is 0 Å². The summed E-state index contributed by atoms with van der Waals surface area (Å²) >= 11 is 0. The molecule has 254 valence electrons. The fourth-order valence-corrected chi connectivity index (χ4v) is 8.39. The summed E-state index contributed by atoms with van der Waals surface area (Å²) in [6.45, 7) is 12.3. The van der Waals surface area contributed by atoms with Crippen molar-refractivity contribution >= 4 is 17.7 Å². The molecule has 0 spiro atoms. The molecule has 6 rings (SSSR count). The van der Waals surface area contributed by atoms with Crippen LogP contribution in [0.4, 0.5) is 0 Å². The molecule has 1 saturated carbocycles. The molecule has 5 fully saturated rings. The minimum Gasteiger partial charge on any atom is -0.340 e. The van der Waals surface area contributed by atoms with Gasteiger partial charge in [-0.1, -0.05) is 31.4 Å². The Morgan fingerprint density at radius 1 is 0.761 bits per heavy atom. The summed E-state index contributed by atoms with van der Waals surface area (Å²) in [6, 6.07) is 7.62. The van der Waals surface area contributed by atoms with Gasteiger partial charge in [-0.05, 0) is 93.6 Å². The molecule has 4 saturated heterocycles. The zero-order chi connectivity index (χ0) is 31.7. The van der Waals surface area contributed by atoms with Crippen molar-refractivity contribution in [3.05, 3.63) is 35.4 Å². The predicted molar refractivity (Wildman–Crippen MR) is 181 cm³/mol. The van der Waals surface area contributed by atoms with Crippen LogP contribution in [-0.4, -0.2) is 135 Å². The van der Waals surface area contributed by atoms with E-state index in [2.05, 4.69) is 31.8 Å². The Morgan fingerprint density at radius 3 is 2.24 bits per heavy atom. The molecule has 4 aliphatic heterocycles. The van der Waals surface area contributed by atoms with E-state index in [0.717, 1.165) is 136 Å². The van der Waals surface area contributed by atoms with E-state index in [1.807, 2.05) is 28.0 Å². The Labute approximate surface area is 276 Å². The van der Waals surface area contributed by atoms with Crippen LogP contribution in [0.2, 0.25) is 0 Å². The molecular weight excluding hydrogens is 578 g/mol. The zero-order valence-corrected chi connectivity index (χ0v) is 27.9. The molecule has 1 aromatic carbocycles. The van der Waals surface area contributed by atoms with Crippen molar-refractivity contribution < 1.29 is 14.4 Å². The lowest BCUT2D eigenvalue weighted by molar-refractivity contribution is -0.137. The number of amides is 3. The largest absolute Gasteiger partial charge is 0.340 e. The number of likely N-dealkylation sites (tertiary alicyclic amines) is 1. The Hall–Kier alpha value is -2.53. The van der Waals surface area contributed by atoms with Crippen LogP contribution in [-0.2, 0) is 9.59 Å². The number of piperidine rings is 2. The molecule has 3 N–H and O–H groups in total. The maximum Gasteiger partial charge on any atom is 0.251 e. The molecular formula is C36H57N7O3. The maximum absolute atomic E-state index is 14.1. The second kappa shape index (κ2) is 16.5. The molecule has 2 atom stereocenters. The lowest BCUT2D eigenvalue weighted by Crippen LogP contribution is -2.57. The molecule has 1 aromatic rings. The van der Waals surface area contributed by atoms with E-state index < -0.39 is 6.04 Å². The topological polar surface area (TPSA) is 100 Å². The van der Waals surface area contributed by atoms with E-state index in [1.54, 1.807) is 0 Å². The van der Waals surface area contributed by atoms with Crippen LogP contribution in [0.3, 0.4) is 0 Å². The predicted octanol–water partition coefficient (Wildman–Crippen LogP) is 2.12. The number of piperazine rings is 2. The molecule has 5 aliphatic rings. The Morgan fingerprint density at radius 2 is 1.52 bits per heavy atom. The standard InChI is InChI=1S/C36H57N7O3/c44-33(42-18-14-37-15-19-42)27-40-16-11-28(12-17-40)26-41-20-22-43(23-21-41)36(46)34(29-6-2-1-3-7-29)39-35(45)31-9-4-8-30(24-31)32-10-5-13-38-25-32/h4,8-9,24,28-29,32,34,37-38H,1-3,5-7,10-23,25-27H2,(H,39,45)/t32?,34-/m1/s1. The minimum atomic E-state index is -0.451. The van der Waals surface area contributed by atoms with Crippen LogP contribution in [0, 0.1) is 11.8 Å². The molecule has 0 bridgehead atoms. The van der Waals surface area contributed by atoms with E-state index >= 15 is 0 Å². The maximum atomic E-state index is 14.1. The van der Waals surface area contributed by atoms with Gasteiger partial charge in [-0.3, -0.25) is 24.2 Å². The molecule has 10 nitrogen and oxygen atoms in total. The highest BCUT2D eigenvalue weighted by atomic mass is 16.2. The summed E-state index contributed by atoms with van der Waals surface area (Å²) in [4.78, 5) is 49.3. The SMILES string of the molecule is O=C(N[C@@H](C(=O)N1CCN(CC2CCN(CC(=O)N3CCNCC3)CC2)CC1)C1CCCCC1)c1cccc(C2CCCNC2)c1. The lowest BCUT2D eigenvalue weighted by atomic mass is 9.83. The first-order valence-electron chi connectivity index (χ1n) is 18.4. The van der Waals surface area contributed by atoms with Gasteiger partial charge in [-0.15, -0.1) is 0 Å². The van der Waals surface area contributed by atoms with Gasteiger partial charge in [-0.2, -0.15) is 0 Å². The molecule has 10 heteroatoms. The summed E-state index contributed by atoms with van der Waals surface area (Å²) in [7, 11) is 0. The van der Waals surface area contributed by atoms with Crippen molar-refractivity contribution in [3.63, 3.8) is 0 Å². The minimum absolute atomic E-state index is 0.106. The smallest absolute Gasteiger partial charge is 0.251 e. The molecule has 1 aliphatic carbocycles. The second-order valence-corrected chi connectivity index (χ2v) is 14.5. The second-order valence-electron chi connectivity index (χ2n) is 14.5. The van der Waals surface area contributed by atoms with E-state index in [9.17, 15) is 14.4 Å². The third-order valence-corrected chi connectivity index (χ3v) is 11.3. The van der Waals surface area contributed by atoms with Gasteiger partial charge in [-0.25, -0.2) is 0 Å². The van der Waals surface area contributed by atoms with Gasteiger partial charge in [0.1, 0.15) is 6.04 Å². The molecule has 3 amide bonds. The normalized spacial score (nSPS) is 25.3. The van der Waals surface area contributed by atoms with Crippen LogP contribution in [0.15, 0.2) is 24.3 Å². The number of hydrogen-bond donors (Lipinski definition) is 3. The average Bonchev–Trinajstić information content (AvgIpc) is 3.12. The summed E-state index contributed by atoms with van der Waals surface area (Å²) in [6.07, 6.45) is 10.0. The van der Waals surface area contributed by atoms with Crippen LogP contribution >= 0.6 is 0 Å². The van der Waals surface area contributed by atoms with Crippen molar-refractivity contribution in [3.8, 4) is 0 Å². The van der Waals surface area contributed by atoms with Crippen molar-refractivity contribution in [2.75, 3.05) is 91.6 Å². The fourth-order valence-electron chi connectivity index (χ4n) is 8.39. The van der Waals surface area contributed by atoms with Gasteiger partial charge in [0.05, 0.1) is 6.54 Å². The Bertz CT molecular complexity index is 1150. The third-order valence-electron chi connectivity index (χ3n) is 11.3. The van der Waals surface area contributed by atoms with Crippen molar-refractivity contribution in [2.24, 2.45) is 11.8 Å². The highest BCUT2D eigenvalue weighted by Gasteiger charge is 2.36. The quantitative estimate of drug-likeness (QED) is 0.383. The molecule has 4 heterocycles. The van der Waals surface area contributed by atoms with Crippen LogP contribution in [0.5, 0.6) is 0 Å². The van der Waals surface area contributed by atoms with E-state index in [4.69, 9.17) is 0 Å². The number of nitrogens with one attached hydrogen (secondary N) is 3.